The number of ether oxygens (including phenoxy) is 2. The second-order valence-corrected chi connectivity index (χ2v) is 6.68. The van der Waals surface area contributed by atoms with Crippen LogP contribution in [-0.4, -0.2) is 42.1 Å². The fraction of sp³-hybridized carbons (Fsp3) is 0.529. The highest BCUT2D eigenvalue weighted by molar-refractivity contribution is 9.10. The summed E-state index contributed by atoms with van der Waals surface area (Å²) in [6.45, 7) is 3.29. The number of carboxylic acids is 1. The van der Waals surface area contributed by atoms with Gasteiger partial charge in [-0.15, -0.1) is 0 Å². The quantitative estimate of drug-likeness (QED) is 0.679. The maximum Gasteiger partial charge on any atom is 0.308 e. The zero-order chi connectivity index (χ0) is 17.7. The summed E-state index contributed by atoms with van der Waals surface area (Å²) in [5.74, 6) is -0.452. The van der Waals surface area contributed by atoms with E-state index in [1.54, 1.807) is 12.0 Å². The molecule has 1 fully saturated rings. The van der Waals surface area contributed by atoms with E-state index in [1.807, 2.05) is 12.1 Å². The molecular formula is C17H22BrNO5. The number of hydrogen-bond donors (Lipinski definition) is 1. The molecule has 0 unspecified atom stereocenters. The summed E-state index contributed by atoms with van der Waals surface area (Å²) >= 11 is 3.49. The fourth-order valence-electron chi connectivity index (χ4n) is 2.63. The fourth-order valence-corrected chi connectivity index (χ4v) is 3.24. The third-order valence-corrected chi connectivity index (χ3v) is 4.56. The van der Waals surface area contributed by atoms with Crippen molar-refractivity contribution in [2.75, 3.05) is 20.3 Å². The Morgan fingerprint density at radius 1 is 1.46 bits per heavy atom. The van der Waals surface area contributed by atoms with E-state index >= 15 is 0 Å². The first-order chi connectivity index (χ1) is 11.5. The van der Waals surface area contributed by atoms with Gasteiger partial charge in [0.25, 0.3) is 0 Å². The number of likely N-dealkylation sites (tertiary alicyclic amines) is 1. The van der Waals surface area contributed by atoms with Crippen molar-refractivity contribution in [2.45, 2.75) is 32.7 Å². The molecule has 0 saturated carbocycles. The standard InChI is InChI=1S/C17H22BrNO5/c1-3-4-5-24-16-13(18)6-11(7-14(16)23-2)9-19-10-12(17(21)22)8-15(19)20/h6-7,12H,3-5,8-10H2,1-2H3,(H,21,22)/t12-/m0/s1. The summed E-state index contributed by atoms with van der Waals surface area (Å²) in [5.41, 5.74) is 0.862. The van der Waals surface area contributed by atoms with Crippen molar-refractivity contribution in [3.8, 4) is 11.5 Å². The van der Waals surface area contributed by atoms with E-state index in [1.165, 1.54) is 0 Å². The number of hydrogen-bond acceptors (Lipinski definition) is 4. The van der Waals surface area contributed by atoms with Gasteiger partial charge in [0.2, 0.25) is 5.91 Å². The summed E-state index contributed by atoms with van der Waals surface area (Å²) in [7, 11) is 1.57. The Labute approximate surface area is 149 Å². The van der Waals surface area contributed by atoms with Crippen molar-refractivity contribution in [1.29, 1.82) is 0 Å². The van der Waals surface area contributed by atoms with Gasteiger partial charge in [0.1, 0.15) is 0 Å². The number of nitrogens with zero attached hydrogens (tertiary/aromatic N) is 1. The second kappa shape index (κ2) is 8.37. The summed E-state index contributed by atoms with van der Waals surface area (Å²) in [6.07, 6.45) is 2.06. The molecule has 1 atom stereocenters. The first-order valence-corrected chi connectivity index (χ1v) is 8.75. The minimum absolute atomic E-state index is 0.0614. The van der Waals surface area contributed by atoms with Crippen molar-refractivity contribution >= 4 is 27.8 Å². The molecule has 1 saturated heterocycles. The van der Waals surface area contributed by atoms with Gasteiger partial charge in [-0.05, 0) is 40.0 Å². The van der Waals surface area contributed by atoms with Gasteiger partial charge in [-0.2, -0.15) is 0 Å². The van der Waals surface area contributed by atoms with Crippen molar-refractivity contribution in [1.82, 2.24) is 4.90 Å². The molecule has 132 valence electrons. The molecule has 1 amide bonds. The van der Waals surface area contributed by atoms with Gasteiger partial charge in [0, 0.05) is 19.5 Å². The lowest BCUT2D eigenvalue weighted by Gasteiger charge is -2.19. The van der Waals surface area contributed by atoms with E-state index in [0.717, 1.165) is 22.9 Å². The second-order valence-electron chi connectivity index (χ2n) is 5.82. The Morgan fingerprint density at radius 2 is 2.21 bits per heavy atom. The molecule has 1 aliphatic rings. The molecule has 1 aliphatic heterocycles. The van der Waals surface area contributed by atoms with Crippen molar-refractivity contribution in [2.24, 2.45) is 5.92 Å². The van der Waals surface area contributed by atoms with Crippen LogP contribution in [-0.2, 0) is 16.1 Å². The van der Waals surface area contributed by atoms with E-state index in [0.29, 0.717) is 24.7 Å². The average Bonchev–Trinajstić information content (AvgIpc) is 2.90. The third-order valence-electron chi connectivity index (χ3n) is 3.97. The third kappa shape index (κ3) is 4.41. The van der Waals surface area contributed by atoms with Crippen LogP contribution in [0.15, 0.2) is 16.6 Å². The van der Waals surface area contributed by atoms with E-state index in [-0.39, 0.29) is 18.9 Å². The average molecular weight is 400 g/mol. The lowest BCUT2D eigenvalue weighted by Crippen LogP contribution is -2.25. The number of methoxy groups -OCH3 is 1. The van der Waals surface area contributed by atoms with Gasteiger partial charge in [0.15, 0.2) is 11.5 Å². The number of unbranched alkanes of at least 4 members (excludes halogenated alkanes) is 1. The van der Waals surface area contributed by atoms with Crippen molar-refractivity contribution in [3.05, 3.63) is 22.2 Å². The van der Waals surface area contributed by atoms with Crippen molar-refractivity contribution in [3.63, 3.8) is 0 Å². The number of benzene rings is 1. The molecule has 1 heterocycles. The number of carbonyl (C=O) groups is 2. The molecule has 6 nitrogen and oxygen atoms in total. The van der Waals surface area contributed by atoms with Gasteiger partial charge in [-0.25, -0.2) is 0 Å². The lowest BCUT2D eigenvalue weighted by atomic mass is 10.1. The topological polar surface area (TPSA) is 76.1 Å². The van der Waals surface area contributed by atoms with Crippen LogP contribution >= 0.6 is 15.9 Å². The molecule has 1 N–H and O–H groups in total. The van der Waals surface area contributed by atoms with Crippen LogP contribution in [0.3, 0.4) is 0 Å². The van der Waals surface area contributed by atoms with Crippen LogP contribution in [0.25, 0.3) is 0 Å². The SMILES string of the molecule is CCCCOc1c(Br)cc(CN2C[C@@H](C(=O)O)CC2=O)cc1OC. The summed E-state index contributed by atoms with van der Waals surface area (Å²) in [5, 5.41) is 9.06. The van der Waals surface area contributed by atoms with E-state index in [9.17, 15) is 9.59 Å². The van der Waals surface area contributed by atoms with Gasteiger partial charge >= 0.3 is 5.97 Å². The predicted octanol–water partition coefficient (Wildman–Crippen LogP) is 3.07. The van der Waals surface area contributed by atoms with Crippen LogP contribution in [0, 0.1) is 5.92 Å². The van der Waals surface area contributed by atoms with Crippen molar-refractivity contribution < 1.29 is 24.2 Å². The first-order valence-electron chi connectivity index (χ1n) is 7.96. The van der Waals surface area contributed by atoms with E-state index in [2.05, 4.69) is 22.9 Å². The number of aliphatic carboxylic acids is 1. The highest BCUT2D eigenvalue weighted by Gasteiger charge is 2.34. The molecule has 0 aliphatic carbocycles. The predicted molar refractivity (Wildman–Crippen MR) is 92.3 cm³/mol. The molecule has 2 rings (SSSR count). The Balaban J connectivity index is 2.12. The van der Waals surface area contributed by atoms with E-state index < -0.39 is 11.9 Å². The van der Waals surface area contributed by atoms with Gasteiger partial charge < -0.3 is 19.5 Å². The highest BCUT2D eigenvalue weighted by Crippen LogP contribution is 2.37. The van der Waals surface area contributed by atoms with Crippen LogP contribution < -0.4 is 9.47 Å². The largest absolute Gasteiger partial charge is 0.493 e. The molecule has 1 aromatic carbocycles. The number of halogens is 1. The maximum atomic E-state index is 12.0. The van der Waals surface area contributed by atoms with Gasteiger partial charge in [0.05, 0.1) is 24.1 Å². The Morgan fingerprint density at radius 3 is 2.79 bits per heavy atom. The lowest BCUT2D eigenvalue weighted by molar-refractivity contribution is -0.141. The molecular weight excluding hydrogens is 378 g/mol. The maximum absolute atomic E-state index is 12.0. The van der Waals surface area contributed by atoms with Gasteiger partial charge in [-0.1, -0.05) is 13.3 Å². The van der Waals surface area contributed by atoms with Crippen LogP contribution in [0.5, 0.6) is 11.5 Å². The highest BCUT2D eigenvalue weighted by atomic mass is 79.9. The molecule has 0 aromatic heterocycles. The van der Waals surface area contributed by atoms with Crippen LogP contribution in [0.1, 0.15) is 31.7 Å². The summed E-state index contributed by atoms with van der Waals surface area (Å²) in [4.78, 5) is 24.6. The van der Waals surface area contributed by atoms with E-state index in [4.69, 9.17) is 14.6 Å². The molecule has 1 aromatic rings. The summed E-state index contributed by atoms with van der Waals surface area (Å²) < 4.78 is 11.9. The zero-order valence-electron chi connectivity index (χ0n) is 13.9. The monoisotopic (exact) mass is 399 g/mol. The Kier molecular flexibility index (Phi) is 6.48. The van der Waals surface area contributed by atoms with Gasteiger partial charge in [-0.3, -0.25) is 9.59 Å². The molecule has 0 radical (unpaired) electrons. The first kappa shape index (κ1) is 18.6. The zero-order valence-corrected chi connectivity index (χ0v) is 15.5. The minimum Gasteiger partial charge on any atom is -0.493 e. The number of carboxylic acid groups (broad SMARTS) is 1. The smallest absolute Gasteiger partial charge is 0.308 e. The Hall–Kier alpha value is -1.76. The van der Waals surface area contributed by atoms with Crippen LogP contribution in [0.4, 0.5) is 0 Å². The molecule has 0 bridgehead atoms. The molecule has 7 heteroatoms. The number of rotatable bonds is 8. The van der Waals surface area contributed by atoms with Crippen LogP contribution in [0.2, 0.25) is 0 Å². The minimum atomic E-state index is -0.927. The Bertz CT molecular complexity index is 619. The normalized spacial score (nSPS) is 17.2. The number of amides is 1. The summed E-state index contributed by atoms with van der Waals surface area (Å²) in [6, 6.07) is 3.71. The molecule has 24 heavy (non-hydrogen) atoms. The number of carbonyl (C=O) groups excluding carboxylic acids is 1. The molecule has 0 spiro atoms.